The summed E-state index contributed by atoms with van der Waals surface area (Å²) < 4.78 is 0. The summed E-state index contributed by atoms with van der Waals surface area (Å²) in [5, 5.41) is 5.49. The van der Waals surface area contributed by atoms with Crippen molar-refractivity contribution in [3.8, 4) is 0 Å². The maximum absolute atomic E-state index is 12.4. The zero-order valence-electron chi connectivity index (χ0n) is 12.3. The highest BCUT2D eigenvalue weighted by Gasteiger charge is 2.37. The summed E-state index contributed by atoms with van der Waals surface area (Å²) in [4.78, 5) is 16.5. The van der Waals surface area contributed by atoms with Crippen molar-refractivity contribution in [1.29, 1.82) is 0 Å². The number of aromatic nitrogens is 1. The first kappa shape index (κ1) is 14.3. The van der Waals surface area contributed by atoms with Gasteiger partial charge in [-0.15, -0.1) is 11.3 Å². The molecule has 1 N–H and O–H groups in total. The highest BCUT2D eigenvalue weighted by atomic mass is 32.1. The smallest absolute Gasteiger partial charge is 0.227 e. The molecule has 3 nitrogen and oxygen atoms in total. The van der Waals surface area contributed by atoms with Gasteiger partial charge in [-0.3, -0.25) is 4.79 Å². The number of aryl methyl sites for hydroxylation is 1. The molecule has 1 saturated carbocycles. The second-order valence-electron chi connectivity index (χ2n) is 5.92. The van der Waals surface area contributed by atoms with E-state index in [1.807, 2.05) is 5.38 Å². The largest absolute Gasteiger partial charge is 0.302 e. The van der Waals surface area contributed by atoms with Gasteiger partial charge in [0.15, 0.2) is 5.13 Å². The van der Waals surface area contributed by atoms with Gasteiger partial charge in [-0.2, -0.15) is 0 Å². The first-order chi connectivity index (χ1) is 10.2. The average Bonchev–Trinajstić information content (AvgIpc) is 3.12. The summed E-state index contributed by atoms with van der Waals surface area (Å²) in [7, 11) is 0. The van der Waals surface area contributed by atoms with Crippen molar-refractivity contribution in [1.82, 2.24) is 4.98 Å². The summed E-state index contributed by atoms with van der Waals surface area (Å²) >= 11 is 1.46. The molecule has 110 valence electrons. The molecule has 0 atom stereocenters. The van der Waals surface area contributed by atoms with Crippen molar-refractivity contribution >= 4 is 22.4 Å². The van der Waals surface area contributed by atoms with E-state index < -0.39 is 0 Å². The molecule has 0 aliphatic heterocycles. The number of nitrogens with one attached hydrogen (secondary N) is 1. The van der Waals surface area contributed by atoms with E-state index in [0.717, 1.165) is 12.8 Å². The Kier molecular flexibility index (Phi) is 4.06. The number of nitrogens with zero attached hydrogens (tertiary/aromatic N) is 1. The molecule has 0 spiro atoms. The van der Waals surface area contributed by atoms with Crippen molar-refractivity contribution in [3.05, 3.63) is 47.0 Å². The van der Waals surface area contributed by atoms with Gasteiger partial charge in [0.2, 0.25) is 5.91 Å². The third kappa shape index (κ3) is 3.16. The molecule has 1 heterocycles. The second kappa shape index (κ2) is 5.98. The summed E-state index contributed by atoms with van der Waals surface area (Å²) in [6.45, 7) is 2.10. The van der Waals surface area contributed by atoms with Crippen molar-refractivity contribution < 1.29 is 4.79 Å². The Morgan fingerprint density at radius 1 is 1.29 bits per heavy atom. The molecule has 4 heteroatoms. The van der Waals surface area contributed by atoms with Crippen LogP contribution in [0, 0.1) is 6.92 Å². The topological polar surface area (TPSA) is 42.0 Å². The van der Waals surface area contributed by atoms with Crippen LogP contribution in [0.4, 0.5) is 5.13 Å². The molecule has 2 aromatic rings. The standard InChI is InChI=1S/C17H20N2OS/c1-13-4-6-14(7-5-13)17(8-2-3-9-17)12-15(20)19-16-18-10-11-21-16/h4-7,10-11H,2-3,8-9,12H2,1H3,(H,18,19,20). The maximum atomic E-state index is 12.4. The van der Waals surface area contributed by atoms with Gasteiger partial charge < -0.3 is 5.32 Å². The van der Waals surface area contributed by atoms with Crippen LogP contribution < -0.4 is 5.32 Å². The third-order valence-corrected chi connectivity index (χ3v) is 5.09. The normalized spacial score (nSPS) is 16.8. The minimum Gasteiger partial charge on any atom is -0.302 e. The number of anilines is 1. The molecular weight excluding hydrogens is 280 g/mol. The zero-order chi connectivity index (χ0) is 14.7. The zero-order valence-corrected chi connectivity index (χ0v) is 13.1. The quantitative estimate of drug-likeness (QED) is 0.915. The van der Waals surface area contributed by atoms with Gasteiger partial charge in [0.05, 0.1) is 0 Å². The average molecular weight is 300 g/mol. The van der Waals surface area contributed by atoms with E-state index in [0.29, 0.717) is 11.6 Å². The molecule has 1 aliphatic carbocycles. The molecule has 1 amide bonds. The van der Waals surface area contributed by atoms with E-state index in [1.165, 1.54) is 35.3 Å². The molecule has 1 aliphatic rings. The minimum atomic E-state index is 0.00897. The van der Waals surface area contributed by atoms with Gasteiger partial charge in [0.1, 0.15) is 0 Å². The van der Waals surface area contributed by atoms with Crippen molar-refractivity contribution in [2.24, 2.45) is 0 Å². The maximum Gasteiger partial charge on any atom is 0.227 e. The Labute approximate surface area is 129 Å². The summed E-state index contributed by atoms with van der Waals surface area (Å²) in [5.41, 5.74) is 2.58. The fourth-order valence-corrected chi connectivity index (χ4v) is 3.83. The lowest BCUT2D eigenvalue weighted by molar-refractivity contribution is -0.117. The van der Waals surface area contributed by atoms with Crippen LogP contribution in [0.1, 0.15) is 43.2 Å². The number of hydrogen-bond acceptors (Lipinski definition) is 3. The van der Waals surface area contributed by atoms with Gasteiger partial charge in [0, 0.05) is 23.4 Å². The van der Waals surface area contributed by atoms with Crippen LogP contribution in [-0.4, -0.2) is 10.9 Å². The van der Waals surface area contributed by atoms with Gasteiger partial charge in [-0.1, -0.05) is 42.7 Å². The molecule has 0 saturated heterocycles. The Morgan fingerprint density at radius 3 is 2.62 bits per heavy atom. The SMILES string of the molecule is Cc1ccc(C2(CC(=O)Nc3nccs3)CCCC2)cc1. The highest BCUT2D eigenvalue weighted by molar-refractivity contribution is 7.13. The molecule has 1 fully saturated rings. The molecule has 0 unspecified atom stereocenters. The first-order valence-electron chi connectivity index (χ1n) is 7.44. The third-order valence-electron chi connectivity index (χ3n) is 4.40. The predicted octanol–water partition coefficient (Wildman–Crippen LogP) is 4.29. The van der Waals surface area contributed by atoms with E-state index in [1.54, 1.807) is 6.20 Å². The van der Waals surface area contributed by atoms with Gasteiger partial charge in [0.25, 0.3) is 0 Å². The number of rotatable bonds is 4. The van der Waals surface area contributed by atoms with Crippen LogP contribution in [0.3, 0.4) is 0 Å². The van der Waals surface area contributed by atoms with Crippen molar-refractivity contribution in [3.63, 3.8) is 0 Å². The Hall–Kier alpha value is -1.68. The fourth-order valence-electron chi connectivity index (χ4n) is 3.28. The number of amides is 1. The number of thiazole rings is 1. The number of carbonyl (C=O) groups is 1. The summed E-state index contributed by atoms with van der Waals surface area (Å²) in [5.74, 6) is 0.0763. The Morgan fingerprint density at radius 2 is 2.00 bits per heavy atom. The minimum absolute atomic E-state index is 0.00897. The van der Waals surface area contributed by atoms with Crippen LogP contribution in [-0.2, 0) is 10.2 Å². The van der Waals surface area contributed by atoms with Gasteiger partial charge >= 0.3 is 0 Å². The van der Waals surface area contributed by atoms with Crippen molar-refractivity contribution in [2.45, 2.75) is 44.4 Å². The highest BCUT2D eigenvalue weighted by Crippen LogP contribution is 2.44. The lowest BCUT2D eigenvalue weighted by atomic mass is 9.75. The molecular formula is C17H20N2OS. The van der Waals surface area contributed by atoms with E-state index in [4.69, 9.17) is 0 Å². The fraction of sp³-hybridized carbons (Fsp3) is 0.412. The molecule has 0 radical (unpaired) electrons. The van der Waals surface area contributed by atoms with Crippen molar-refractivity contribution in [2.75, 3.05) is 5.32 Å². The number of carbonyl (C=O) groups excluding carboxylic acids is 1. The number of hydrogen-bond donors (Lipinski definition) is 1. The Bertz CT molecular complexity index is 598. The van der Waals surface area contributed by atoms with Crippen LogP contribution in [0.5, 0.6) is 0 Å². The molecule has 1 aromatic carbocycles. The van der Waals surface area contributed by atoms with E-state index in [9.17, 15) is 4.79 Å². The molecule has 0 bridgehead atoms. The predicted molar refractivity (Wildman–Crippen MR) is 86.7 cm³/mol. The monoisotopic (exact) mass is 300 g/mol. The lowest BCUT2D eigenvalue weighted by Gasteiger charge is -2.29. The van der Waals surface area contributed by atoms with E-state index in [2.05, 4.69) is 41.5 Å². The summed E-state index contributed by atoms with van der Waals surface area (Å²) in [6, 6.07) is 8.68. The van der Waals surface area contributed by atoms with Crippen LogP contribution in [0.2, 0.25) is 0 Å². The van der Waals surface area contributed by atoms with E-state index >= 15 is 0 Å². The van der Waals surface area contributed by atoms with Gasteiger partial charge in [-0.25, -0.2) is 4.98 Å². The summed E-state index contributed by atoms with van der Waals surface area (Å²) in [6.07, 6.45) is 6.88. The molecule has 3 rings (SSSR count). The lowest BCUT2D eigenvalue weighted by Crippen LogP contribution is -2.29. The van der Waals surface area contributed by atoms with E-state index in [-0.39, 0.29) is 11.3 Å². The van der Waals surface area contributed by atoms with Crippen LogP contribution in [0.25, 0.3) is 0 Å². The van der Waals surface area contributed by atoms with Crippen LogP contribution in [0.15, 0.2) is 35.8 Å². The Balaban J connectivity index is 1.78. The molecule has 1 aromatic heterocycles. The second-order valence-corrected chi connectivity index (χ2v) is 6.81. The molecule has 21 heavy (non-hydrogen) atoms. The number of benzene rings is 1. The first-order valence-corrected chi connectivity index (χ1v) is 8.32. The van der Waals surface area contributed by atoms with Gasteiger partial charge in [-0.05, 0) is 25.3 Å². The van der Waals surface area contributed by atoms with Crippen LogP contribution >= 0.6 is 11.3 Å².